The zero-order valence-corrected chi connectivity index (χ0v) is 11.8. The predicted octanol–water partition coefficient (Wildman–Crippen LogP) is -1.97. The van der Waals surface area contributed by atoms with Crippen molar-refractivity contribution in [1.29, 1.82) is 0 Å². The van der Waals surface area contributed by atoms with E-state index in [9.17, 15) is 14.4 Å². The van der Waals surface area contributed by atoms with Gasteiger partial charge in [0.1, 0.15) is 28.7 Å². The SMILES string of the molecule is CC1OC(n2cnc3c(S(N)=O)nc(N)nc32)C(O)C1O. The summed E-state index contributed by atoms with van der Waals surface area (Å²) < 4.78 is 18.4. The molecule has 0 aromatic carbocycles. The molecule has 114 valence electrons. The Bertz CT molecular complexity index is 721. The van der Waals surface area contributed by atoms with Gasteiger partial charge in [-0.05, 0) is 6.92 Å². The summed E-state index contributed by atoms with van der Waals surface area (Å²) in [6, 6.07) is 0. The van der Waals surface area contributed by atoms with Crippen molar-refractivity contribution in [3.8, 4) is 0 Å². The molecule has 5 unspecified atom stereocenters. The summed E-state index contributed by atoms with van der Waals surface area (Å²) in [5.74, 6) is -0.126. The van der Waals surface area contributed by atoms with Crippen molar-refractivity contribution >= 4 is 28.1 Å². The second-order valence-electron chi connectivity index (χ2n) is 4.72. The molecule has 3 rings (SSSR count). The summed E-state index contributed by atoms with van der Waals surface area (Å²) in [5.41, 5.74) is 6.00. The molecule has 0 saturated carbocycles. The lowest BCUT2D eigenvalue weighted by molar-refractivity contribution is -0.0299. The first-order valence-electron chi connectivity index (χ1n) is 6.08. The van der Waals surface area contributed by atoms with E-state index >= 15 is 0 Å². The van der Waals surface area contributed by atoms with E-state index in [-0.39, 0.29) is 22.1 Å². The van der Waals surface area contributed by atoms with Crippen LogP contribution < -0.4 is 10.9 Å². The minimum absolute atomic E-state index is 0.00247. The van der Waals surface area contributed by atoms with Crippen LogP contribution in [0.5, 0.6) is 0 Å². The molecule has 1 aliphatic heterocycles. The van der Waals surface area contributed by atoms with Gasteiger partial charge in [-0.25, -0.2) is 19.3 Å². The molecule has 1 fully saturated rings. The number of ether oxygens (including phenoxy) is 1. The highest BCUT2D eigenvalue weighted by Gasteiger charge is 2.42. The van der Waals surface area contributed by atoms with Crippen LogP contribution in [0.2, 0.25) is 0 Å². The Morgan fingerprint density at radius 2 is 2.10 bits per heavy atom. The summed E-state index contributed by atoms with van der Waals surface area (Å²) in [7, 11) is -1.88. The molecular weight excluding hydrogens is 300 g/mol. The number of imidazole rings is 1. The van der Waals surface area contributed by atoms with Crippen LogP contribution in [-0.4, -0.2) is 52.3 Å². The third-order valence-corrected chi connectivity index (χ3v) is 4.01. The highest BCUT2D eigenvalue weighted by molar-refractivity contribution is 7.82. The van der Waals surface area contributed by atoms with Crippen molar-refractivity contribution in [2.45, 2.75) is 36.5 Å². The predicted molar refractivity (Wildman–Crippen MR) is 71.9 cm³/mol. The van der Waals surface area contributed by atoms with Gasteiger partial charge in [0.05, 0.1) is 12.4 Å². The van der Waals surface area contributed by atoms with Crippen molar-refractivity contribution in [2.75, 3.05) is 5.73 Å². The van der Waals surface area contributed by atoms with Crippen LogP contribution in [-0.2, 0) is 15.7 Å². The molecule has 0 bridgehead atoms. The quantitative estimate of drug-likeness (QED) is 0.464. The number of aliphatic hydroxyl groups excluding tert-OH is 2. The van der Waals surface area contributed by atoms with Gasteiger partial charge in [-0.1, -0.05) is 0 Å². The molecule has 6 N–H and O–H groups in total. The normalized spacial score (nSPS) is 30.9. The Balaban J connectivity index is 2.15. The Morgan fingerprint density at radius 3 is 2.67 bits per heavy atom. The van der Waals surface area contributed by atoms with E-state index in [0.29, 0.717) is 0 Å². The smallest absolute Gasteiger partial charge is 0.223 e. The van der Waals surface area contributed by atoms with E-state index in [1.165, 1.54) is 10.9 Å². The van der Waals surface area contributed by atoms with Crippen LogP contribution in [0, 0.1) is 0 Å². The number of rotatable bonds is 2. The van der Waals surface area contributed by atoms with Gasteiger partial charge in [0.25, 0.3) is 0 Å². The molecule has 0 aliphatic carbocycles. The first-order chi connectivity index (χ1) is 9.90. The minimum atomic E-state index is -1.88. The fraction of sp³-hybridized carbons (Fsp3) is 0.500. The third-order valence-electron chi connectivity index (χ3n) is 3.35. The monoisotopic (exact) mass is 314 g/mol. The van der Waals surface area contributed by atoms with E-state index in [2.05, 4.69) is 15.0 Å². The number of anilines is 1. The lowest BCUT2D eigenvalue weighted by Gasteiger charge is -2.16. The van der Waals surface area contributed by atoms with Gasteiger partial charge < -0.3 is 20.7 Å². The first-order valence-corrected chi connectivity index (χ1v) is 7.29. The average Bonchev–Trinajstić information content (AvgIpc) is 2.94. The van der Waals surface area contributed by atoms with Crippen molar-refractivity contribution < 1.29 is 19.2 Å². The van der Waals surface area contributed by atoms with Crippen LogP contribution in [0.1, 0.15) is 13.2 Å². The van der Waals surface area contributed by atoms with Gasteiger partial charge in [0.2, 0.25) is 5.95 Å². The number of hydrogen-bond acceptors (Lipinski definition) is 8. The zero-order chi connectivity index (χ0) is 15.3. The van der Waals surface area contributed by atoms with Crippen LogP contribution in [0.3, 0.4) is 0 Å². The molecule has 2 aromatic heterocycles. The third kappa shape index (κ3) is 2.18. The van der Waals surface area contributed by atoms with E-state index in [0.717, 1.165) is 0 Å². The molecule has 1 saturated heterocycles. The van der Waals surface area contributed by atoms with Crippen molar-refractivity contribution in [3.05, 3.63) is 6.33 Å². The molecule has 11 heteroatoms. The summed E-state index contributed by atoms with van der Waals surface area (Å²) in [6.45, 7) is 1.64. The molecule has 2 aromatic rings. The molecule has 0 spiro atoms. The van der Waals surface area contributed by atoms with E-state index in [1.54, 1.807) is 6.92 Å². The topological polar surface area (TPSA) is 162 Å². The summed E-state index contributed by atoms with van der Waals surface area (Å²) in [5, 5.41) is 25.1. The minimum Gasteiger partial charge on any atom is -0.388 e. The summed E-state index contributed by atoms with van der Waals surface area (Å²) >= 11 is 0. The fourth-order valence-electron chi connectivity index (χ4n) is 2.29. The zero-order valence-electron chi connectivity index (χ0n) is 10.9. The number of nitrogens with two attached hydrogens (primary N) is 2. The van der Waals surface area contributed by atoms with Crippen molar-refractivity contribution in [1.82, 2.24) is 19.5 Å². The van der Waals surface area contributed by atoms with E-state index < -0.39 is 35.5 Å². The highest BCUT2D eigenvalue weighted by Crippen LogP contribution is 2.31. The number of aliphatic hydroxyl groups is 2. The molecule has 0 radical (unpaired) electrons. The Hall–Kier alpha value is -1.66. The lowest BCUT2D eigenvalue weighted by atomic mass is 10.1. The first kappa shape index (κ1) is 14.3. The second-order valence-corrected chi connectivity index (χ2v) is 5.70. The maximum atomic E-state index is 11.5. The van der Waals surface area contributed by atoms with Crippen LogP contribution in [0.4, 0.5) is 5.95 Å². The van der Waals surface area contributed by atoms with Gasteiger partial charge >= 0.3 is 0 Å². The van der Waals surface area contributed by atoms with Crippen LogP contribution in [0.15, 0.2) is 11.4 Å². The van der Waals surface area contributed by atoms with Gasteiger partial charge in [-0.2, -0.15) is 4.98 Å². The highest BCUT2D eigenvalue weighted by atomic mass is 32.2. The average molecular weight is 314 g/mol. The van der Waals surface area contributed by atoms with Crippen molar-refractivity contribution in [2.24, 2.45) is 5.14 Å². The second kappa shape index (κ2) is 4.96. The number of aromatic nitrogens is 4. The largest absolute Gasteiger partial charge is 0.388 e. The van der Waals surface area contributed by atoms with Crippen LogP contribution >= 0.6 is 0 Å². The maximum Gasteiger partial charge on any atom is 0.223 e. The number of fused-ring (bicyclic) bond motifs is 1. The molecule has 0 amide bonds. The Morgan fingerprint density at radius 1 is 1.38 bits per heavy atom. The van der Waals surface area contributed by atoms with Gasteiger partial charge in [0, 0.05) is 0 Å². The van der Waals surface area contributed by atoms with Crippen molar-refractivity contribution in [3.63, 3.8) is 0 Å². The molecule has 3 heterocycles. The Labute approximate surface area is 121 Å². The molecule has 21 heavy (non-hydrogen) atoms. The summed E-state index contributed by atoms with van der Waals surface area (Å²) in [4.78, 5) is 11.9. The Kier molecular flexibility index (Phi) is 3.37. The maximum absolute atomic E-state index is 11.5. The molecule has 5 atom stereocenters. The molecule has 10 nitrogen and oxygen atoms in total. The van der Waals surface area contributed by atoms with E-state index in [1.807, 2.05) is 0 Å². The number of nitrogen functional groups attached to an aromatic ring is 1. The number of nitrogens with zero attached hydrogens (tertiary/aromatic N) is 4. The lowest BCUT2D eigenvalue weighted by Crippen LogP contribution is -2.30. The van der Waals surface area contributed by atoms with Crippen LogP contribution in [0.25, 0.3) is 11.2 Å². The summed E-state index contributed by atoms with van der Waals surface area (Å²) in [6.07, 6.45) is -2.28. The molecular formula is C10H14N6O4S. The van der Waals surface area contributed by atoms with E-state index in [4.69, 9.17) is 15.6 Å². The van der Waals surface area contributed by atoms with Gasteiger partial charge in [-0.15, -0.1) is 0 Å². The number of hydrogen-bond donors (Lipinski definition) is 4. The molecule has 1 aliphatic rings. The standard InChI is InChI=1S/C10H14N6O4S/c1-3-5(17)6(18)9(20-3)16-2-13-4-7(16)14-10(11)15-8(4)21(12)19/h2-3,5-6,9,17-18H,12H2,1H3,(H2,11,14,15). The van der Waals surface area contributed by atoms with Gasteiger partial charge in [-0.3, -0.25) is 4.57 Å². The van der Waals surface area contributed by atoms with Gasteiger partial charge in [0.15, 0.2) is 16.9 Å². The fourth-order valence-corrected chi connectivity index (χ4v) is 2.81.